The van der Waals surface area contributed by atoms with Crippen molar-refractivity contribution < 1.29 is 9.53 Å². The number of guanidine groups is 1. The lowest BCUT2D eigenvalue weighted by molar-refractivity contribution is -0.128. The van der Waals surface area contributed by atoms with Crippen LogP contribution in [-0.2, 0) is 17.9 Å². The number of rotatable bonds is 9. The largest absolute Gasteiger partial charge is 0.489 e. The van der Waals surface area contributed by atoms with Gasteiger partial charge < -0.3 is 20.3 Å². The van der Waals surface area contributed by atoms with Crippen molar-refractivity contribution >= 4 is 47.4 Å². The highest BCUT2D eigenvalue weighted by Crippen LogP contribution is 2.17. The Labute approximate surface area is 212 Å². The molecule has 1 amide bonds. The Hall–Kier alpha value is -2.00. The Morgan fingerprint density at radius 1 is 1.12 bits per heavy atom. The van der Waals surface area contributed by atoms with Gasteiger partial charge in [-0.1, -0.05) is 35.9 Å². The molecule has 0 saturated carbocycles. The van der Waals surface area contributed by atoms with E-state index in [1.807, 2.05) is 43.0 Å². The Balaban J connectivity index is 0.00000363. The van der Waals surface area contributed by atoms with Gasteiger partial charge in [0, 0.05) is 31.1 Å². The first-order chi connectivity index (χ1) is 15.0. The van der Waals surface area contributed by atoms with Crippen LogP contribution in [0.4, 0.5) is 0 Å². The molecular weight excluding hydrogens is 539 g/mol. The second-order valence-electron chi connectivity index (χ2n) is 7.69. The number of hydrogen-bond acceptors (Lipinski definition) is 3. The van der Waals surface area contributed by atoms with Crippen LogP contribution >= 0.6 is 35.6 Å². The van der Waals surface area contributed by atoms with Crippen LogP contribution in [0.3, 0.4) is 0 Å². The molecule has 3 rings (SSSR count). The van der Waals surface area contributed by atoms with Crippen molar-refractivity contribution in [2.45, 2.75) is 45.9 Å². The lowest BCUT2D eigenvalue weighted by Gasteiger charge is -2.18. The third kappa shape index (κ3) is 8.50. The molecule has 1 aliphatic heterocycles. The summed E-state index contributed by atoms with van der Waals surface area (Å²) in [5.41, 5.74) is 2.28. The minimum atomic E-state index is -0.0300. The SMILES string of the molecule is CCNC(=NCc1ccc(CN2CCCC2=O)cc1)NCC(C)Oc1ccc(Cl)cc1.I. The molecule has 174 valence electrons. The van der Waals surface area contributed by atoms with Crippen LogP contribution in [0.1, 0.15) is 37.8 Å². The highest BCUT2D eigenvalue weighted by atomic mass is 127. The van der Waals surface area contributed by atoms with E-state index in [0.29, 0.717) is 31.1 Å². The number of nitrogens with one attached hydrogen (secondary N) is 2. The molecule has 0 bridgehead atoms. The van der Waals surface area contributed by atoms with Crippen molar-refractivity contribution in [2.24, 2.45) is 4.99 Å². The summed E-state index contributed by atoms with van der Waals surface area (Å²) in [5.74, 6) is 1.79. The van der Waals surface area contributed by atoms with Crippen molar-refractivity contribution in [2.75, 3.05) is 19.6 Å². The van der Waals surface area contributed by atoms with Gasteiger partial charge in [-0.3, -0.25) is 4.79 Å². The summed E-state index contributed by atoms with van der Waals surface area (Å²) >= 11 is 5.92. The lowest BCUT2D eigenvalue weighted by Crippen LogP contribution is -2.41. The van der Waals surface area contributed by atoms with Gasteiger partial charge in [0.25, 0.3) is 0 Å². The first-order valence-electron chi connectivity index (χ1n) is 10.8. The summed E-state index contributed by atoms with van der Waals surface area (Å²) in [6.45, 7) is 7.58. The Morgan fingerprint density at radius 2 is 1.81 bits per heavy atom. The van der Waals surface area contributed by atoms with Gasteiger partial charge in [0.15, 0.2) is 5.96 Å². The molecule has 8 heteroatoms. The topological polar surface area (TPSA) is 66.0 Å². The standard InChI is InChI=1S/C24H31ClN4O2.HI/c1-3-26-24(27-15-18(2)31-22-12-10-21(25)11-13-22)28-16-19-6-8-20(9-7-19)17-29-14-4-5-23(29)30;/h6-13,18H,3-5,14-17H2,1-2H3,(H2,26,27,28);1H. The van der Waals surface area contributed by atoms with Crippen molar-refractivity contribution in [3.8, 4) is 5.75 Å². The van der Waals surface area contributed by atoms with E-state index in [1.165, 1.54) is 0 Å². The molecule has 0 radical (unpaired) electrons. The number of amides is 1. The van der Waals surface area contributed by atoms with Crippen molar-refractivity contribution in [1.29, 1.82) is 0 Å². The molecule has 0 spiro atoms. The van der Waals surface area contributed by atoms with Gasteiger partial charge >= 0.3 is 0 Å². The van der Waals surface area contributed by atoms with Crippen LogP contribution in [0.5, 0.6) is 5.75 Å². The van der Waals surface area contributed by atoms with Gasteiger partial charge in [-0.15, -0.1) is 24.0 Å². The molecule has 32 heavy (non-hydrogen) atoms. The average Bonchev–Trinajstić information content (AvgIpc) is 3.17. The van der Waals surface area contributed by atoms with Crippen LogP contribution in [0.25, 0.3) is 0 Å². The molecule has 1 fully saturated rings. The summed E-state index contributed by atoms with van der Waals surface area (Å²) in [4.78, 5) is 18.4. The van der Waals surface area contributed by atoms with Crippen LogP contribution in [-0.4, -0.2) is 42.5 Å². The monoisotopic (exact) mass is 570 g/mol. The summed E-state index contributed by atoms with van der Waals surface area (Å²) in [6, 6.07) is 15.7. The van der Waals surface area contributed by atoms with E-state index in [1.54, 1.807) is 0 Å². The fraction of sp³-hybridized carbons (Fsp3) is 0.417. The van der Waals surface area contributed by atoms with Crippen molar-refractivity contribution in [3.05, 3.63) is 64.7 Å². The van der Waals surface area contributed by atoms with Crippen LogP contribution in [0.2, 0.25) is 5.02 Å². The van der Waals surface area contributed by atoms with Gasteiger partial charge in [-0.05, 0) is 55.7 Å². The van der Waals surface area contributed by atoms with E-state index in [2.05, 4.69) is 39.9 Å². The number of carbonyl (C=O) groups is 1. The number of nitrogens with zero attached hydrogens (tertiary/aromatic N) is 2. The third-order valence-electron chi connectivity index (χ3n) is 5.04. The molecule has 1 atom stereocenters. The number of ether oxygens (including phenoxy) is 1. The smallest absolute Gasteiger partial charge is 0.222 e. The summed E-state index contributed by atoms with van der Waals surface area (Å²) in [7, 11) is 0. The lowest BCUT2D eigenvalue weighted by atomic mass is 10.1. The fourth-order valence-corrected chi connectivity index (χ4v) is 3.51. The molecular formula is C24H32ClIN4O2. The molecule has 1 aliphatic rings. The summed E-state index contributed by atoms with van der Waals surface area (Å²) in [6.07, 6.45) is 1.61. The molecule has 2 N–H and O–H groups in total. The second-order valence-corrected chi connectivity index (χ2v) is 8.13. The summed E-state index contributed by atoms with van der Waals surface area (Å²) < 4.78 is 5.90. The number of carbonyl (C=O) groups excluding carboxylic acids is 1. The van der Waals surface area contributed by atoms with Gasteiger partial charge in [0.2, 0.25) is 5.91 Å². The number of likely N-dealkylation sites (tertiary alicyclic amines) is 1. The van der Waals surface area contributed by atoms with E-state index in [0.717, 1.165) is 42.3 Å². The van der Waals surface area contributed by atoms with Crippen LogP contribution < -0.4 is 15.4 Å². The van der Waals surface area contributed by atoms with Gasteiger partial charge in [0.1, 0.15) is 11.9 Å². The first kappa shape index (κ1) is 26.3. The maximum atomic E-state index is 11.8. The maximum Gasteiger partial charge on any atom is 0.222 e. The summed E-state index contributed by atoms with van der Waals surface area (Å²) in [5, 5.41) is 7.29. The Bertz CT molecular complexity index is 875. The Kier molecular flexibility index (Phi) is 11.1. The molecule has 2 aromatic rings. The van der Waals surface area contributed by atoms with Crippen LogP contribution in [0, 0.1) is 0 Å². The van der Waals surface area contributed by atoms with E-state index < -0.39 is 0 Å². The minimum Gasteiger partial charge on any atom is -0.489 e. The highest BCUT2D eigenvalue weighted by molar-refractivity contribution is 14.0. The molecule has 6 nitrogen and oxygen atoms in total. The van der Waals surface area contributed by atoms with E-state index in [9.17, 15) is 4.79 Å². The predicted molar refractivity (Wildman–Crippen MR) is 141 cm³/mol. The molecule has 1 saturated heterocycles. The zero-order valence-electron chi connectivity index (χ0n) is 18.6. The molecule has 0 aliphatic carbocycles. The third-order valence-corrected chi connectivity index (χ3v) is 5.29. The molecule has 2 aromatic carbocycles. The maximum absolute atomic E-state index is 11.8. The number of aliphatic imine (C=N–C) groups is 1. The quantitative estimate of drug-likeness (QED) is 0.263. The molecule has 1 unspecified atom stereocenters. The van der Waals surface area contributed by atoms with Gasteiger partial charge in [0.05, 0.1) is 13.1 Å². The zero-order valence-corrected chi connectivity index (χ0v) is 21.7. The number of halogens is 2. The van der Waals surface area contributed by atoms with E-state index in [-0.39, 0.29) is 36.0 Å². The second kappa shape index (κ2) is 13.5. The zero-order chi connectivity index (χ0) is 22.1. The molecule has 0 aromatic heterocycles. The number of benzene rings is 2. The first-order valence-corrected chi connectivity index (χ1v) is 11.2. The predicted octanol–water partition coefficient (Wildman–Crippen LogP) is 4.60. The molecule has 1 heterocycles. The van der Waals surface area contributed by atoms with Crippen molar-refractivity contribution in [3.63, 3.8) is 0 Å². The minimum absolute atomic E-state index is 0. The van der Waals surface area contributed by atoms with Crippen LogP contribution in [0.15, 0.2) is 53.5 Å². The van der Waals surface area contributed by atoms with Gasteiger partial charge in [-0.2, -0.15) is 0 Å². The highest BCUT2D eigenvalue weighted by Gasteiger charge is 2.19. The normalized spacial score (nSPS) is 14.7. The van der Waals surface area contributed by atoms with Crippen molar-refractivity contribution in [1.82, 2.24) is 15.5 Å². The van der Waals surface area contributed by atoms with E-state index >= 15 is 0 Å². The number of hydrogen-bond donors (Lipinski definition) is 2. The fourth-order valence-electron chi connectivity index (χ4n) is 3.38. The average molecular weight is 571 g/mol. The van der Waals surface area contributed by atoms with E-state index in [4.69, 9.17) is 16.3 Å². The van der Waals surface area contributed by atoms with Gasteiger partial charge in [-0.25, -0.2) is 4.99 Å². The Morgan fingerprint density at radius 3 is 2.44 bits per heavy atom.